The minimum absolute atomic E-state index is 0.0816. The van der Waals surface area contributed by atoms with Gasteiger partial charge in [0.25, 0.3) is 5.91 Å². The van der Waals surface area contributed by atoms with Gasteiger partial charge in [-0.15, -0.1) is 0 Å². The molecular weight excluding hydrogens is 366 g/mol. The Labute approximate surface area is 141 Å². The lowest BCUT2D eigenvalue weighted by Gasteiger charge is -2.08. The van der Waals surface area contributed by atoms with E-state index in [9.17, 15) is 9.59 Å². The van der Waals surface area contributed by atoms with Crippen molar-refractivity contribution in [3.63, 3.8) is 0 Å². The van der Waals surface area contributed by atoms with Crippen LogP contribution in [-0.2, 0) is 17.9 Å². The number of nitrogens with zero attached hydrogens (tertiary/aromatic N) is 4. The number of aryl methyl sites for hydroxylation is 2. The molecule has 0 spiro atoms. The second-order valence-electron chi connectivity index (χ2n) is 5.05. The highest BCUT2D eigenvalue weighted by Crippen LogP contribution is 2.19. The summed E-state index contributed by atoms with van der Waals surface area (Å²) in [6.45, 7) is 4.99. The minimum Gasteiger partial charge on any atom is -0.481 e. The summed E-state index contributed by atoms with van der Waals surface area (Å²) in [4.78, 5) is 22.8. The molecule has 23 heavy (non-hydrogen) atoms. The van der Waals surface area contributed by atoms with E-state index in [1.807, 2.05) is 18.5 Å². The number of hydrogen-bond acceptors (Lipinski definition) is 4. The van der Waals surface area contributed by atoms with Gasteiger partial charge < -0.3 is 10.4 Å². The first kappa shape index (κ1) is 17.2. The molecule has 1 amide bonds. The van der Waals surface area contributed by atoms with Crippen molar-refractivity contribution in [3.05, 3.63) is 33.8 Å². The maximum absolute atomic E-state index is 12.2. The van der Waals surface area contributed by atoms with E-state index in [-0.39, 0.29) is 18.9 Å². The number of nitrogens with one attached hydrogen (secondary N) is 1. The molecule has 0 aliphatic rings. The molecular formula is C14H18BrN5O3. The highest BCUT2D eigenvalue weighted by molar-refractivity contribution is 9.10. The number of carbonyl (C=O) groups excluding carboxylic acids is 1. The first-order chi connectivity index (χ1) is 10.9. The molecule has 2 aromatic rings. The quantitative estimate of drug-likeness (QED) is 0.751. The van der Waals surface area contributed by atoms with Crippen molar-refractivity contribution in [3.8, 4) is 0 Å². The van der Waals surface area contributed by atoms with Crippen molar-refractivity contribution in [1.82, 2.24) is 24.9 Å². The number of aliphatic carboxylic acids is 1. The fraction of sp³-hybridized carbons (Fsp3) is 0.429. The van der Waals surface area contributed by atoms with Crippen molar-refractivity contribution in [2.75, 3.05) is 6.54 Å². The van der Waals surface area contributed by atoms with Gasteiger partial charge in [-0.3, -0.25) is 19.0 Å². The fourth-order valence-electron chi connectivity index (χ4n) is 2.16. The number of rotatable bonds is 7. The molecule has 8 nitrogen and oxygen atoms in total. The third-order valence-electron chi connectivity index (χ3n) is 3.39. The first-order valence-electron chi connectivity index (χ1n) is 7.11. The second kappa shape index (κ2) is 7.40. The molecule has 2 rings (SSSR count). The number of halogens is 1. The van der Waals surface area contributed by atoms with Crippen molar-refractivity contribution in [1.29, 1.82) is 0 Å². The van der Waals surface area contributed by atoms with E-state index >= 15 is 0 Å². The number of carboxylic acid groups (broad SMARTS) is 1. The van der Waals surface area contributed by atoms with Gasteiger partial charge in [-0.2, -0.15) is 10.2 Å². The average molecular weight is 384 g/mol. The fourth-order valence-corrected chi connectivity index (χ4v) is 2.45. The van der Waals surface area contributed by atoms with Crippen LogP contribution in [0.1, 0.15) is 28.3 Å². The van der Waals surface area contributed by atoms with Crippen molar-refractivity contribution in [2.45, 2.75) is 33.4 Å². The molecule has 0 aromatic carbocycles. The summed E-state index contributed by atoms with van der Waals surface area (Å²) >= 11 is 3.46. The molecule has 0 saturated carbocycles. The second-order valence-corrected chi connectivity index (χ2v) is 5.84. The van der Waals surface area contributed by atoms with Crippen molar-refractivity contribution >= 4 is 27.8 Å². The van der Waals surface area contributed by atoms with Crippen molar-refractivity contribution < 1.29 is 14.7 Å². The zero-order valence-corrected chi connectivity index (χ0v) is 14.5. The third kappa shape index (κ3) is 4.19. The van der Waals surface area contributed by atoms with Crippen LogP contribution in [0.15, 0.2) is 16.7 Å². The minimum atomic E-state index is -0.929. The topological polar surface area (TPSA) is 102 Å². The Balaban J connectivity index is 1.91. The molecule has 0 atom stereocenters. The molecule has 2 N–H and O–H groups in total. The Morgan fingerprint density at radius 2 is 2.04 bits per heavy atom. The predicted molar refractivity (Wildman–Crippen MR) is 86.2 cm³/mol. The SMILES string of the molecule is Cc1nn(CCNC(=O)c2ccnn2CCC(=O)O)c(C)c1Br. The van der Waals surface area contributed by atoms with Crippen LogP contribution in [0, 0.1) is 13.8 Å². The summed E-state index contributed by atoms with van der Waals surface area (Å²) in [5, 5.41) is 19.8. The molecule has 0 aliphatic carbocycles. The molecule has 9 heteroatoms. The Morgan fingerprint density at radius 1 is 1.30 bits per heavy atom. The lowest BCUT2D eigenvalue weighted by Crippen LogP contribution is -2.30. The van der Waals surface area contributed by atoms with Gasteiger partial charge in [0.15, 0.2) is 0 Å². The first-order valence-corrected chi connectivity index (χ1v) is 7.90. The van der Waals surface area contributed by atoms with Gasteiger partial charge in [0.05, 0.1) is 29.7 Å². The zero-order chi connectivity index (χ0) is 17.0. The Kier molecular flexibility index (Phi) is 5.54. The normalized spacial score (nSPS) is 10.7. The summed E-state index contributed by atoms with van der Waals surface area (Å²) in [5.41, 5.74) is 2.25. The number of aromatic nitrogens is 4. The van der Waals surface area contributed by atoms with Crippen LogP contribution in [-0.4, -0.2) is 43.1 Å². The molecule has 0 bridgehead atoms. The van der Waals surface area contributed by atoms with Crippen LogP contribution >= 0.6 is 15.9 Å². The molecule has 0 aliphatic heterocycles. The lowest BCUT2D eigenvalue weighted by molar-refractivity contribution is -0.137. The Bertz CT molecular complexity index is 722. The van der Waals surface area contributed by atoms with Crippen LogP contribution < -0.4 is 5.32 Å². The largest absolute Gasteiger partial charge is 0.481 e. The molecule has 124 valence electrons. The Hall–Kier alpha value is -2.16. The monoisotopic (exact) mass is 383 g/mol. The maximum atomic E-state index is 12.2. The summed E-state index contributed by atoms with van der Waals surface area (Å²) in [6.07, 6.45) is 1.40. The predicted octanol–water partition coefficient (Wildman–Crippen LogP) is 1.36. The van der Waals surface area contributed by atoms with E-state index < -0.39 is 5.97 Å². The summed E-state index contributed by atoms with van der Waals surface area (Å²) in [7, 11) is 0. The van der Waals surface area contributed by atoms with E-state index in [1.54, 1.807) is 6.07 Å². The van der Waals surface area contributed by atoms with E-state index in [4.69, 9.17) is 5.11 Å². The summed E-state index contributed by atoms with van der Waals surface area (Å²) in [5.74, 6) is -1.21. The van der Waals surface area contributed by atoms with E-state index in [0.717, 1.165) is 15.9 Å². The smallest absolute Gasteiger partial charge is 0.305 e. The van der Waals surface area contributed by atoms with Gasteiger partial charge in [-0.1, -0.05) is 0 Å². The van der Waals surface area contributed by atoms with Crippen LogP contribution in [0.3, 0.4) is 0 Å². The third-order valence-corrected chi connectivity index (χ3v) is 4.54. The molecule has 0 fully saturated rings. The van der Waals surface area contributed by atoms with E-state index in [0.29, 0.717) is 18.8 Å². The van der Waals surface area contributed by atoms with Crippen LogP contribution in [0.25, 0.3) is 0 Å². The molecule has 0 saturated heterocycles. The standard InChI is InChI=1S/C14H18BrN5O3/c1-9-13(15)10(2)19(18-9)8-6-16-14(23)11-3-5-17-20(11)7-4-12(21)22/h3,5H,4,6-8H2,1-2H3,(H,16,23)(H,21,22). The van der Waals surface area contributed by atoms with Gasteiger partial charge in [0.2, 0.25) is 0 Å². The summed E-state index contributed by atoms with van der Waals surface area (Å²) in [6, 6.07) is 1.57. The maximum Gasteiger partial charge on any atom is 0.305 e. The highest BCUT2D eigenvalue weighted by Gasteiger charge is 2.13. The van der Waals surface area contributed by atoms with Gasteiger partial charge in [-0.25, -0.2) is 0 Å². The molecule has 0 unspecified atom stereocenters. The average Bonchev–Trinajstić information content (AvgIpc) is 3.06. The van der Waals surface area contributed by atoms with E-state index in [1.165, 1.54) is 10.9 Å². The number of amides is 1. The lowest BCUT2D eigenvalue weighted by atomic mass is 10.3. The van der Waals surface area contributed by atoms with E-state index in [2.05, 4.69) is 31.4 Å². The zero-order valence-electron chi connectivity index (χ0n) is 12.9. The molecule has 2 aromatic heterocycles. The Morgan fingerprint density at radius 3 is 2.65 bits per heavy atom. The van der Waals surface area contributed by atoms with Gasteiger partial charge >= 0.3 is 5.97 Å². The van der Waals surface area contributed by atoms with Crippen LogP contribution in [0.2, 0.25) is 0 Å². The van der Waals surface area contributed by atoms with Gasteiger partial charge in [0, 0.05) is 18.4 Å². The number of carboxylic acids is 1. The number of carbonyl (C=O) groups is 2. The van der Waals surface area contributed by atoms with Crippen molar-refractivity contribution in [2.24, 2.45) is 0 Å². The summed E-state index contributed by atoms with van der Waals surface area (Å²) < 4.78 is 4.18. The number of hydrogen-bond donors (Lipinski definition) is 2. The van der Waals surface area contributed by atoms with Gasteiger partial charge in [0.1, 0.15) is 5.69 Å². The van der Waals surface area contributed by atoms with Crippen LogP contribution in [0.4, 0.5) is 0 Å². The van der Waals surface area contributed by atoms with Gasteiger partial charge in [-0.05, 0) is 35.8 Å². The highest BCUT2D eigenvalue weighted by atomic mass is 79.9. The molecule has 0 radical (unpaired) electrons. The molecule has 2 heterocycles. The van der Waals surface area contributed by atoms with Crippen LogP contribution in [0.5, 0.6) is 0 Å².